The fourth-order valence-electron chi connectivity index (χ4n) is 1.83. The van der Waals surface area contributed by atoms with E-state index < -0.39 is 0 Å². The van der Waals surface area contributed by atoms with Gasteiger partial charge in [0.05, 0.1) is 19.8 Å². The smallest absolute Gasteiger partial charge is 0.171 e. The van der Waals surface area contributed by atoms with E-state index in [1.165, 1.54) is 11.3 Å². The minimum absolute atomic E-state index is 0.398. The van der Waals surface area contributed by atoms with Gasteiger partial charge in [-0.3, -0.25) is 0 Å². The molecule has 2 aromatic heterocycles. The van der Waals surface area contributed by atoms with Crippen molar-refractivity contribution in [3.8, 4) is 10.7 Å². The maximum absolute atomic E-state index is 6.23. The molecule has 6 heteroatoms. The molecule has 2 nitrogen and oxygen atoms in total. The van der Waals surface area contributed by atoms with Gasteiger partial charge in [-0.15, -0.1) is 11.3 Å². The monoisotopic (exact) mass is 328 g/mol. The molecule has 0 saturated heterocycles. The molecule has 0 unspecified atom stereocenters. The number of aryl methyl sites for hydroxylation is 1. The average Bonchev–Trinajstić information content (AvgIpc) is 2.77. The van der Waals surface area contributed by atoms with Crippen LogP contribution in [0.4, 0.5) is 0 Å². The van der Waals surface area contributed by atoms with Crippen molar-refractivity contribution in [3.63, 3.8) is 0 Å². The third kappa shape index (κ3) is 2.43. The Morgan fingerprint density at radius 1 is 1.05 bits per heavy atom. The zero-order chi connectivity index (χ0) is 13.6. The van der Waals surface area contributed by atoms with Gasteiger partial charge in [-0.2, -0.15) is 0 Å². The molecule has 0 aliphatic rings. The highest BCUT2D eigenvalue weighted by Crippen LogP contribution is 2.33. The van der Waals surface area contributed by atoms with Crippen molar-refractivity contribution in [2.45, 2.75) is 6.92 Å². The summed E-state index contributed by atoms with van der Waals surface area (Å²) in [6.45, 7) is 1.95. The highest BCUT2D eigenvalue weighted by molar-refractivity contribution is 7.19. The molecule has 0 amide bonds. The topological polar surface area (TPSA) is 25.8 Å². The maximum atomic E-state index is 6.23. The zero-order valence-corrected chi connectivity index (χ0v) is 12.8. The number of halogens is 3. The molecular weight excluding hydrogens is 323 g/mol. The van der Waals surface area contributed by atoms with E-state index in [4.69, 9.17) is 34.8 Å². The molecule has 0 atom stereocenters. The Bertz CT molecular complexity index is 783. The van der Waals surface area contributed by atoms with Crippen molar-refractivity contribution in [2.75, 3.05) is 0 Å². The van der Waals surface area contributed by atoms with Crippen LogP contribution in [0.2, 0.25) is 14.5 Å². The molecule has 3 aromatic rings. The van der Waals surface area contributed by atoms with Crippen LogP contribution in [0.1, 0.15) is 5.56 Å². The third-order valence-electron chi connectivity index (χ3n) is 2.65. The van der Waals surface area contributed by atoms with Crippen LogP contribution < -0.4 is 0 Å². The minimum atomic E-state index is 0.398. The lowest BCUT2D eigenvalue weighted by molar-refractivity contribution is 1.24. The summed E-state index contributed by atoms with van der Waals surface area (Å²) in [4.78, 5) is 9.67. The number of hydrogen-bond acceptors (Lipinski definition) is 3. The molecule has 19 heavy (non-hydrogen) atoms. The van der Waals surface area contributed by atoms with Crippen LogP contribution in [-0.2, 0) is 0 Å². The summed E-state index contributed by atoms with van der Waals surface area (Å²) in [5, 5.41) is 1.73. The molecule has 0 N–H and O–H groups in total. The first kappa shape index (κ1) is 13.1. The van der Waals surface area contributed by atoms with E-state index in [0.717, 1.165) is 15.8 Å². The molecular formula is C13H7Cl3N2S. The second-order valence-corrected chi connectivity index (χ2v) is 6.56. The van der Waals surface area contributed by atoms with Gasteiger partial charge in [-0.05, 0) is 36.8 Å². The van der Waals surface area contributed by atoms with Crippen LogP contribution in [0.3, 0.4) is 0 Å². The van der Waals surface area contributed by atoms with Crippen molar-refractivity contribution in [1.29, 1.82) is 0 Å². The summed E-state index contributed by atoms with van der Waals surface area (Å²) >= 11 is 19.8. The van der Waals surface area contributed by atoms with Gasteiger partial charge in [0.1, 0.15) is 5.15 Å². The SMILES string of the molecule is Cc1cc(Cl)c2nc(-c3ccc(Cl)s3)nc(Cl)c2c1. The number of nitrogens with zero attached hydrogens (tertiary/aromatic N) is 2. The number of rotatable bonds is 1. The van der Waals surface area contributed by atoms with Gasteiger partial charge < -0.3 is 0 Å². The molecule has 0 radical (unpaired) electrons. The molecule has 96 valence electrons. The first-order valence-corrected chi connectivity index (χ1v) is 7.39. The lowest BCUT2D eigenvalue weighted by Crippen LogP contribution is -1.91. The third-order valence-corrected chi connectivity index (χ3v) is 4.45. The highest BCUT2D eigenvalue weighted by atomic mass is 35.5. The van der Waals surface area contributed by atoms with Crippen molar-refractivity contribution >= 4 is 57.0 Å². The normalized spacial score (nSPS) is 11.2. The van der Waals surface area contributed by atoms with Crippen LogP contribution in [0, 0.1) is 6.92 Å². The van der Waals surface area contributed by atoms with Crippen LogP contribution in [0.5, 0.6) is 0 Å². The fraction of sp³-hybridized carbons (Fsp3) is 0.0769. The Hall–Kier alpha value is -0.870. The standard InChI is InChI=1S/C13H7Cl3N2S/c1-6-4-7-11(8(14)5-6)17-13(18-12(7)16)9-2-3-10(15)19-9/h2-5H,1H3. The van der Waals surface area contributed by atoms with E-state index in [-0.39, 0.29) is 0 Å². The molecule has 0 fully saturated rings. The molecule has 3 rings (SSSR count). The predicted molar refractivity (Wildman–Crippen MR) is 82.6 cm³/mol. The molecule has 0 aliphatic heterocycles. The lowest BCUT2D eigenvalue weighted by atomic mass is 10.2. The first-order valence-electron chi connectivity index (χ1n) is 5.44. The predicted octanol–water partition coefficient (Wildman–Crippen LogP) is 5.63. The van der Waals surface area contributed by atoms with Gasteiger partial charge in [0.2, 0.25) is 0 Å². The first-order chi connectivity index (χ1) is 9.04. The average molecular weight is 330 g/mol. The van der Waals surface area contributed by atoms with E-state index in [9.17, 15) is 0 Å². The zero-order valence-electron chi connectivity index (χ0n) is 9.75. The van der Waals surface area contributed by atoms with Crippen LogP contribution in [0.25, 0.3) is 21.6 Å². The Balaban J connectivity index is 2.30. The lowest BCUT2D eigenvalue weighted by Gasteiger charge is -2.05. The van der Waals surface area contributed by atoms with Crippen LogP contribution in [0.15, 0.2) is 24.3 Å². The van der Waals surface area contributed by atoms with Crippen LogP contribution in [-0.4, -0.2) is 9.97 Å². The number of fused-ring (bicyclic) bond motifs is 1. The Labute approximate surface area is 129 Å². The summed E-state index contributed by atoms with van der Waals surface area (Å²) in [7, 11) is 0. The second-order valence-electron chi connectivity index (χ2n) is 4.08. The van der Waals surface area contributed by atoms with Gasteiger partial charge in [-0.25, -0.2) is 9.97 Å². The molecule has 1 aromatic carbocycles. The number of aromatic nitrogens is 2. The largest absolute Gasteiger partial charge is 0.226 e. The van der Waals surface area contributed by atoms with E-state index >= 15 is 0 Å². The van der Waals surface area contributed by atoms with E-state index in [0.29, 0.717) is 25.9 Å². The van der Waals surface area contributed by atoms with Gasteiger partial charge in [0, 0.05) is 5.39 Å². The molecule has 2 heterocycles. The quantitative estimate of drug-likeness (QED) is 0.541. The van der Waals surface area contributed by atoms with Crippen molar-refractivity contribution in [3.05, 3.63) is 44.3 Å². The minimum Gasteiger partial charge on any atom is -0.226 e. The molecule has 0 bridgehead atoms. The molecule has 0 spiro atoms. The molecule has 0 aliphatic carbocycles. The second kappa shape index (κ2) is 4.91. The van der Waals surface area contributed by atoms with Gasteiger partial charge in [-0.1, -0.05) is 34.8 Å². The summed E-state index contributed by atoms with van der Waals surface area (Å²) < 4.78 is 0.685. The van der Waals surface area contributed by atoms with E-state index in [1.54, 1.807) is 6.07 Å². The summed E-state index contributed by atoms with van der Waals surface area (Å²) in [5.41, 5.74) is 1.68. The van der Waals surface area contributed by atoms with E-state index in [1.807, 2.05) is 25.1 Å². The highest BCUT2D eigenvalue weighted by Gasteiger charge is 2.12. The summed E-state index contributed by atoms with van der Waals surface area (Å²) in [6.07, 6.45) is 0. The van der Waals surface area contributed by atoms with Crippen molar-refractivity contribution in [2.24, 2.45) is 0 Å². The van der Waals surface area contributed by atoms with E-state index in [2.05, 4.69) is 9.97 Å². The van der Waals surface area contributed by atoms with Gasteiger partial charge >= 0.3 is 0 Å². The fourth-order valence-corrected chi connectivity index (χ4v) is 3.35. The number of hydrogen-bond donors (Lipinski definition) is 0. The number of benzene rings is 1. The van der Waals surface area contributed by atoms with Crippen molar-refractivity contribution < 1.29 is 0 Å². The van der Waals surface area contributed by atoms with Gasteiger partial charge in [0.15, 0.2) is 5.82 Å². The molecule has 0 saturated carbocycles. The van der Waals surface area contributed by atoms with Gasteiger partial charge in [0.25, 0.3) is 0 Å². The van der Waals surface area contributed by atoms with Crippen molar-refractivity contribution in [1.82, 2.24) is 9.97 Å². The maximum Gasteiger partial charge on any atom is 0.171 e. The summed E-state index contributed by atoms with van der Waals surface area (Å²) in [5.74, 6) is 0.542. The Morgan fingerprint density at radius 3 is 2.53 bits per heavy atom. The van der Waals surface area contributed by atoms with Crippen LogP contribution >= 0.6 is 46.1 Å². The Kier molecular flexibility index (Phi) is 3.39. The Morgan fingerprint density at radius 2 is 1.84 bits per heavy atom. The summed E-state index contributed by atoms with van der Waals surface area (Å²) in [6, 6.07) is 7.46. The number of thiophene rings is 1.